The number of aromatic nitrogens is 2. The Hall–Kier alpha value is -1.01. The van der Waals surface area contributed by atoms with Gasteiger partial charge in [0, 0.05) is 0 Å². The minimum Gasteiger partial charge on any atom is -0.319 e. The van der Waals surface area contributed by atoms with Crippen molar-refractivity contribution in [2.75, 3.05) is 5.32 Å². The van der Waals surface area contributed by atoms with Gasteiger partial charge in [0.2, 0.25) is 11.0 Å². The number of anilines is 1. The predicted molar refractivity (Wildman–Crippen MR) is 56.0 cm³/mol. The molecule has 0 aromatic carbocycles. The largest absolute Gasteiger partial charge is 0.319 e. The van der Waals surface area contributed by atoms with E-state index >= 15 is 0 Å². The summed E-state index contributed by atoms with van der Waals surface area (Å²) >= 11 is 1.27. The molecule has 0 fully saturated rings. The average molecular weight is 214 g/mol. The van der Waals surface area contributed by atoms with Crippen LogP contribution >= 0.6 is 11.3 Å². The van der Waals surface area contributed by atoms with Crippen LogP contribution in [0.4, 0.5) is 5.13 Å². The van der Waals surface area contributed by atoms with Gasteiger partial charge < -0.3 is 5.73 Å². The highest BCUT2D eigenvalue weighted by atomic mass is 32.1. The Morgan fingerprint density at radius 3 is 2.71 bits per heavy atom. The van der Waals surface area contributed by atoms with E-state index in [0.29, 0.717) is 5.13 Å². The number of nitrogens with two attached hydrogens (primary N) is 1. The zero-order valence-electron chi connectivity index (χ0n) is 8.44. The second kappa shape index (κ2) is 4.02. The number of nitrogens with one attached hydrogen (secondary N) is 1. The normalized spacial score (nSPS) is 13.7. The molecule has 5 nitrogen and oxygen atoms in total. The van der Waals surface area contributed by atoms with E-state index in [4.69, 9.17) is 5.73 Å². The summed E-state index contributed by atoms with van der Waals surface area (Å²) < 4.78 is 0. The third-order valence-electron chi connectivity index (χ3n) is 1.81. The maximum atomic E-state index is 11.6. The first-order chi connectivity index (χ1) is 6.41. The van der Waals surface area contributed by atoms with Gasteiger partial charge in [-0.1, -0.05) is 32.1 Å². The number of rotatable bonds is 2. The molecule has 1 aromatic heterocycles. The summed E-state index contributed by atoms with van der Waals surface area (Å²) in [4.78, 5) is 11.6. The van der Waals surface area contributed by atoms with Crippen LogP contribution in [0.5, 0.6) is 0 Å². The van der Waals surface area contributed by atoms with E-state index in [2.05, 4.69) is 15.5 Å². The quantitative estimate of drug-likeness (QED) is 0.764. The number of hydrogen-bond donors (Lipinski definition) is 2. The van der Waals surface area contributed by atoms with Gasteiger partial charge in [0.1, 0.15) is 5.51 Å². The molecule has 0 saturated heterocycles. The summed E-state index contributed by atoms with van der Waals surface area (Å²) in [6.45, 7) is 5.74. The van der Waals surface area contributed by atoms with Gasteiger partial charge in [0.15, 0.2) is 0 Å². The summed E-state index contributed by atoms with van der Waals surface area (Å²) in [6, 6.07) is -0.550. The lowest BCUT2D eigenvalue weighted by Gasteiger charge is -2.25. The molecule has 78 valence electrons. The molecule has 0 saturated carbocycles. The molecular formula is C8H14N4OS. The maximum Gasteiger partial charge on any atom is 0.243 e. The smallest absolute Gasteiger partial charge is 0.243 e. The number of amides is 1. The van der Waals surface area contributed by atoms with Crippen LogP contribution < -0.4 is 11.1 Å². The molecule has 14 heavy (non-hydrogen) atoms. The van der Waals surface area contributed by atoms with Crippen LogP contribution in [0.2, 0.25) is 0 Å². The van der Waals surface area contributed by atoms with Gasteiger partial charge in [-0.05, 0) is 5.41 Å². The summed E-state index contributed by atoms with van der Waals surface area (Å²) in [7, 11) is 0. The van der Waals surface area contributed by atoms with Crippen LogP contribution in [0.25, 0.3) is 0 Å². The first-order valence-corrected chi connectivity index (χ1v) is 5.12. The van der Waals surface area contributed by atoms with Crippen LogP contribution in [0.3, 0.4) is 0 Å². The molecule has 6 heteroatoms. The van der Waals surface area contributed by atoms with Crippen molar-refractivity contribution in [2.45, 2.75) is 26.8 Å². The fraction of sp³-hybridized carbons (Fsp3) is 0.625. The SMILES string of the molecule is CC(C)(C)C(N)C(=O)Nc1nncs1. The Morgan fingerprint density at radius 1 is 1.64 bits per heavy atom. The monoisotopic (exact) mass is 214 g/mol. The number of carbonyl (C=O) groups excluding carboxylic acids is 1. The molecule has 1 amide bonds. The van der Waals surface area contributed by atoms with Crippen molar-refractivity contribution in [2.24, 2.45) is 11.1 Å². The van der Waals surface area contributed by atoms with Crippen LogP contribution in [0.1, 0.15) is 20.8 Å². The van der Waals surface area contributed by atoms with Gasteiger partial charge in [0.25, 0.3) is 0 Å². The van der Waals surface area contributed by atoms with E-state index in [1.807, 2.05) is 20.8 Å². The molecule has 1 unspecified atom stereocenters. The van der Waals surface area contributed by atoms with Gasteiger partial charge in [-0.2, -0.15) is 0 Å². The van der Waals surface area contributed by atoms with E-state index in [1.165, 1.54) is 11.3 Å². The van der Waals surface area contributed by atoms with Crippen LogP contribution in [-0.2, 0) is 4.79 Å². The minimum absolute atomic E-state index is 0.228. The highest BCUT2D eigenvalue weighted by molar-refractivity contribution is 7.13. The van der Waals surface area contributed by atoms with Crippen molar-refractivity contribution in [3.63, 3.8) is 0 Å². The van der Waals surface area contributed by atoms with Crippen LogP contribution in [0.15, 0.2) is 5.51 Å². The van der Waals surface area contributed by atoms with E-state index < -0.39 is 6.04 Å². The molecular weight excluding hydrogens is 200 g/mol. The lowest BCUT2D eigenvalue weighted by molar-refractivity contribution is -0.119. The van der Waals surface area contributed by atoms with E-state index in [0.717, 1.165) is 0 Å². The second-order valence-corrected chi connectivity index (χ2v) is 4.91. The number of hydrogen-bond acceptors (Lipinski definition) is 5. The van der Waals surface area contributed by atoms with Gasteiger partial charge in [0.05, 0.1) is 6.04 Å². The third kappa shape index (κ3) is 2.74. The Bertz CT molecular complexity index is 304. The molecule has 0 spiro atoms. The lowest BCUT2D eigenvalue weighted by atomic mass is 9.87. The zero-order chi connectivity index (χ0) is 10.8. The Labute approximate surface area is 86.7 Å². The molecule has 1 aromatic rings. The molecule has 0 aliphatic heterocycles. The highest BCUT2D eigenvalue weighted by Gasteiger charge is 2.27. The zero-order valence-corrected chi connectivity index (χ0v) is 9.26. The minimum atomic E-state index is -0.550. The fourth-order valence-electron chi connectivity index (χ4n) is 0.804. The van der Waals surface area contributed by atoms with Crippen molar-refractivity contribution in [3.05, 3.63) is 5.51 Å². The van der Waals surface area contributed by atoms with Gasteiger partial charge in [-0.3, -0.25) is 10.1 Å². The Balaban J connectivity index is 2.59. The molecule has 0 aliphatic rings. The van der Waals surface area contributed by atoms with Gasteiger partial charge in [-0.15, -0.1) is 10.2 Å². The lowest BCUT2D eigenvalue weighted by Crippen LogP contribution is -2.45. The summed E-state index contributed by atoms with van der Waals surface area (Å²) in [5.41, 5.74) is 7.05. The summed E-state index contributed by atoms with van der Waals surface area (Å²) in [6.07, 6.45) is 0. The van der Waals surface area contributed by atoms with E-state index in [9.17, 15) is 4.79 Å². The topological polar surface area (TPSA) is 80.9 Å². The molecule has 0 radical (unpaired) electrons. The molecule has 1 rings (SSSR count). The Morgan fingerprint density at radius 2 is 2.29 bits per heavy atom. The van der Waals surface area contributed by atoms with Gasteiger partial charge in [-0.25, -0.2) is 0 Å². The van der Waals surface area contributed by atoms with Crippen molar-refractivity contribution in [1.29, 1.82) is 0 Å². The van der Waals surface area contributed by atoms with Crippen LogP contribution in [0, 0.1) is 5.41 Å². The van der Waals surface area contributed by atoms with Crippen molar-refractivity contribution in [3.8, 4) is 0 Å². The van der Waals surface area contributed by atoms with Crippen molar-refractivity contribution < 1.29 is 4.79 Å². The maximum absolute atomic E-state index is 11.6. The molecule has 0 bridgehead atoms. The van der Waals surface area contributed by atoms with E-state index in [-0.39, 0.29) is 11.3 Å². The Kier molecular flexibility index (Phi) is 3.17. The van der Waals surface area contributed by atoms with Crippen molar-refractivity contribution >= 4 is 22.4 Å². The molecule has 3 N–H and O–H groups in total. The standard InChI is InChI=1S/C8H14N4OS/c1-8(2,3)5(9)6(13)11-7-12-10-4-14-7/h4-5H,9H2,1-3H3,(H,11,12,13). The predicted octanol–water partition coefficient (Wildman–Crippen LogP) is 0.850. The first kappa shape index (κ1) is 11.1. The molecule has 1 heterocycles. The van der Waals surface area contributed by atoms with Gasteiger partial charge >= 0.3 is 0 Å². The van der Waals surface area contributed by atoms with Crippen molar-refractivity contribution in [1.82, 2.24) is 10.2 Å². The first-order valence-electron chi connectivity index (χ1n) is 4.24. The molecule has 1 atom stereocenters. The number of carbonyl (C=O) groups is 1. The average Bonchev–Trinajstić information content (AvgIpc) is 2.53. The number of nitrogens with zero attached hydrogens (tertiary/aromatic N) is 2. The third-order valence-corrected chi connectivity index (χ3v) is 2.41. The summed E-state index contributed by atoms with van der Waals surface area (Å²) in [5.74, 6) is -0.228. The second-order valence-electron chi connectivity index (χ2n) is 4.08. The van der Waals surface area contributed by atoms with E-state index in [1.54, 1.807) is 5.51 Å². The fourth-order valence-corrected chi connectivity index (χ4v) is 1.25. The summed E-state index contributed by atoms with van der Waals surface area (Å²) in [5, 5.41) is 10.4. The molecule has 0 aliphatic carbocycles. The van der Waals surface area contributed by atoms with Crippen LogP contribution in [-0.4, -0.2) is 22.1 Å². The highest BCUT2D eigenvalue weighted by Crippen LogP contribution is 2.19.